The number of carboxylic acids is 1. The Kier molecular flexibility index (Phi) is 2.57. The minimum atomic E-state index is -0.848. The summed E-state index contributed by atoms with van der Waals surface area (Å²) in [5, 5.41) is 9.12. The standard InChI is InChI=1S/C10H15NO2/c1-8-4-6-10(7-5-8,9(12)13)11(2)3/h4-6H,7H2,1-3H3,(H,12,13). The lowest BCUT2D eigenvalue weighted by Gasteiger charge is -2.34. The van der Waals surface area contributed by atoms with E-state index >= 15 is 0 Å². The molecule has 1 N–H and O–H groups in total. The molecular weight excluding hydrogens is 166 g/mol. The van der Waals surface area contributed by atoms with E-state index in [4.69, 9.17) is 5.11 Å². The molecule has 13 heavy (non-hydrogen) atoms. The summed E-state index contributed by atoms with van der Waals surface area (Å²) >= 11 is 0. The highest BCUT2D eigenvalue weighted by molar-refractivity contribution is 5.82. The Morgan fingerprint density at radius 1 is 1.62 bits per heavy atom. The highest BCUT2D eigenvalue weighted by atomic mass is 16.4. The van der Waals surface area contributed by atoms with Crippen molar-refractivity contribution in [3.8, 4) is 0 Å². The van der Waals surface area contributed by atoms with Crippen LogP contribution < -0.4 is 0 Å². The van der Waals surface area contributed by atoms with Gasteiger partial charge >= 0.3 is 5.97 Å². The topological polar surface area (TPSA) is 40.5 Å². The van der Waals surface area contributed by atoms with Gasteiger partial charge < -0.3 is 5.11 Å². The summed E-state index contributed by atoms with van der Waals surface area (Å²) in [4.78, 5) is 12.8. The molecule has 1 unspecified atom stereocenters. The van der Waals surface area contributed by atoms with E-state index in [1.165, 1.54) is 0 Å². The Morgan fingerprint density at radius 3 is 2.54 bits per heavy atom. The zero-order valence-corrected chi connectivity index (χ0v) is 8.24. The maximum Gasteiger partial charge on any atom is 0.328 e. The summed E-state index contributed by atoms with van der Waals surface area (Å²) in [6.07, 6.45) is 6.11. The minimum absolute atomic E-state index is 0.539. The normalized spacial score (nSPS) is 27.5. The molecule has 0 aliphatic heterocycles. The van der Waals surface area contributed by atoms with E-state index in [1.54, 1.807) is 25.1 Å². The number of aliphatic carboxylic acids is 1. The molecule has 0 radical (unpaired) electrons. The van der Waals surface area contributed by atoms with E-state index in [1.807, 2.05) is 19.1 Å². The maximum absolute atomic E-state index is 11.1. The first-order valence-corrected chi connectivity index (χ1v) is 4.26. The fraction of sp³-hybridized carbons (Fsp3) is 0.500. The highest BCUT2D eigenvalue weighted by Gasteiger charge is 2.38. The number of nitrogens with zero attached hydrogens (tertiary/aromatic N) is 1. The molecule has 0 aromatic heterocycles. The molecule has 1 aliphatic carbocycles. The quantitative estimate of drug-likeness (QED) is 0.697. The summed E-state index contributed by atoms with van der Waals surface area (Å²) in [5.74, 6) is -0.794. The van der Waals surface area contributed by atoms with Crippen LogP contribution in [0.1, 0.15) is 13.3 Å². The lowest BCUT2D eigenvalue weighted by atomic mass is 9.88. The number of allylic oxidation sites excluding steroid dienone is 2. The Hall–Kier alpha value is -1.09. The molecule has 0 aromatic rings. The molecule has 72 valence electrons. The van der Waals surface area contributed by atoms with E-state index in [2.05, 4.69) is 0 Å². The van der Waals surface area contributed by atoms with Crippen molar-refractivity contribution in [1.82, 2.24) is 4.90 Å². The third-order valence-corrected chi connectivity index (χ3v) is 2.53. The first kappa shape index (κ1) is 9.99. The average molecular weight is 181 g/mol. The number of carboxylic acid groups (broad SMARTS) is 1. The van der Waals surface area contributed by atoms with Crippen LogP contribution in [0.3, 0.4) is 0 Å². The number of likely N-dealkylation sites (N-methyl/N-ethyl adjacent to an activating group) is 1. The zero-order chi connectivity index (χ0) is 10.1. The Labute approximate surface area is 78.4 Å². The fourth-order valence-corrected chi connectivity index (χ4v) is 1.40. The van der Waals surface area contributed by atoms with Crippen LogP contribution in [0.4, 0.5) is 0 Å². The monoisotopic (exact) mass is 181 g/mol. The Bertz CT molecular complexity index is 279. The van der Waals surface area contributed by atoms with E-state index < -0.39 is 11.5 Å². The van der Waals surface area contributed by atoms with Gasteiger partial charge in [0.15, 0.2) is 0 Å². The molecule has 1 atom stereocenters. The second-order valence-corrected chi connectivity index (χ2v) is 3.61. The number of rotatable bonds is 2. The molecule has 0 bridgehead atoms. The van der Waals surface area contributed by atoms with Crippen LogP contribution in [0, 0.1) is 0 Å². The number of hydrogen-bond acceptors (Lipinski definition) is 2. The van der Waals surface area contributed by atoms with Gasteiger partial charge in [-0.05, 0) is 27.4 Å². The van der Waals surface area contributed by atoms with Gasteiger partial charge in [-0.25, -0.2) is 4.79 Å². The van der Waals surface area contributed by atoms with Crippen LogP contribution in [-0.2, 0) is 4.79 Å². The molecule has 3 heteroatoms. The highest BCUT2D eigenvalue weighted by Crippen LogP contribution is 2.25. The predicted molar refractivity (Wildman–Crippen MR) is 51.6 cm³/mol. The van der Waals surface area contributed by atoms with E-state index in [-0.39, 0.29) is 0 Å². The number of hydrogen-bond donors (Lipinski definition) is 1. The molecule has 1 rings (SSSR count). The molecule has 0 saturated carbocycles. The van der Waals surface area contributed by atoms with Crippen LogP contribution in [0.25, 0.3) is 0 Å². The van der Waals surface area contributed by atoms with E-state index in [9.17, 15) is 4.79 Å². The SMILES string of the molecule is CC1=CCC(C(=O)O)(N(C)C)C=C1. The lowest BCUT2D eigenvalue weighted by Crippen LogP contribution is -2.49. The van der Waals surface area contributed by atoms with Gasteiger partial charge in [0.2, 0.25) is 0 Å². The zero-order valence-electron chi connectivity index (χ0n) is 8.24. The molecular formula is C10H15NO2. The first-order valence-electron chi connectivity index (χ1n) is 4.26. The van der Waals surface area contributed by atoms with Crippen molar-refractivity contribution in [2.24, 2.45) is 0 Å². The van der Waals surface area contributed by atoms with Crippen molar-refractivity contribution in [1.29, 1.82) is 0 Å². The van der Waals surface area contributed by atoms with Gasteiger partial charge in [-0.3, -0.25) is 4.90 Å². The summed E-state index contributed by atoms with van der Waals surface area (Å²) in [7, 11) is 3.57. The van der Waals surface area contributed by atoms with Gasteiger partial charge in [-0.1, -0.05) is 23.8 Å². The Morgan fingerprint density at radius 2 is 2.23 bits per heavy atom. The van der Waals surface area contributed by atoms with Crippen molar-refractivity contribution < 1.29 is 9.90 Å². The van der Waals surface area contributed by atoms with Crippen LogP contribution in [0.2, 0.25) is 0 Å². The van der Waals surface area contributed by atoms with Gasteiger partial charge in [0.05, 0.1) is 0 Å². The average Bonchev–Trinajstić information content (AvgIpc) is 2.04. The van der Waals surface area contributed by atoms with Gasteiger partial charge in [0.25, 0.3) is 0 Å². The smallest absolute Gasteiger partial charge is 0.328 e. The van der Waals surface area contributed by atoms with Gasteiger partial charge in [0, 0.05) is 0 Å². The summed E-state index contributed by atoms with van der Waals surface area (Å²) in [6, 6.07) is 0. The molecule has 1 aliphatic rings. The van der Waals surface area contributed by atoms with E-state index in [0.29, 0.717) is 6.42 Å². The minimum Gasteiger partial charge on any atom is -0.480 e. The molecule has 0 fully saturated rings. The molecule has 0 heterocycles. The molecule has 0 spiro atoms. The molecule has 0 saturated heterocycles. The van der Waals surface area contributed by atoms with Gasteiger partial charge in [-0.2, -0.15) is 0 Å². The van der Waals surface area contributed by atoms with Crippen molar-refractivity contribution in [3.63, 3.8) is 0 Å². The first-order chi connectivity index (χ1) is 5.99. The van der Waals surface area contributed by atoms with Crippen LogP contribution in [0.5, 0.6) is 0 Å². The van der Waals surface area contributed by atoms with Crippen molar-refractivity contribution in [2.45, 2.75) is 18.9 Å². The summed E-state index contributed by atoms with van der Waals surface area (Å²) < 4.78 is 0. The molecule has 0 aromatic carbocycles. The fourth-order valence-electron chi connectivity index (χ4n) is 1.40. The molecule has 0 amide bonds. The second kappa shape index (κ2) is 3.34. The second-order valence-electron chi connectivity index (χ2n) is 3.61. The maximum atomic E-state index is 11.1. The third kappa shape index (κ3) is 1.65. The van der Waals surface area contributed by atoms with Gasteiger partial charge in [-0.15, -0.1) is 0 Å². The predicted octanol–water partition coefficient (Wildman–Crippen LogP) is 1.28. The Balaban J connectivity index is 2.98. The van der Waals surface area contributed by atoms with Crippen molar-refractivity contribution >= 4 is 5.97 Å². The summed E-state index contributed by atoms with van der Waals surface area (Å²) in [6.45, 7) is 1.97. The van der Waals surface area contributed by atoms with Crippen molar-refractivity contribution in [2.75, 3.05) is 14.1 Å². The van der Waals surface area contributed by atoms with Gasteiger partial charge in [0.1, 0.15) is 5.54 Å². The third-order valence-electron chi connectivity index (χ3n) is 2.53. The molecule has 3 nitrogen and oxygen atoms in total. The van der Waals surface area contributed by atoms with E-state index in [0.717, 1.165) is 5.57 Å². The summed E-state index contributed by atoms with van der Waals surface area (Å²) in [5.41, 5.74) is 0.276. The van der Waals surface area contributed by atoms with Crippen molar-refractivity contribution in [3.05, 3.63) is 23.8 Å². The van der Waals surface area contributed by atoms with Crippen LogP contribution in [0.15, 0.2) is 23.8 Å². The lowest BCUT2D eigenvalue weighted by molar-refractivity contribution is -0.146. The van der Waals surface area contributed by atoms with Crippen LogP contribution in [-0.4, -0.2) is 35.6 Å². The van der Waals surface area contributed by atoms with Crippen LogP contribution >= 0.6 is 0 Å². The largest absolute Gasteiger partial charge is 0.480 e. The number of carbonyl (C=O) groups is 1.